The molecule has 0 amide bonds. The lowest BCUT2D eigenvalue weighted by molar-refractivity contribution is 0.217. The van der Waals surface area contributed by atoms with Gasteiger partial charge in [-0.1, -0.05) is 43.3 Å². The molecule has 1 nitrogen and oxygen atoms in total. The molecule has 2 aliphatic carbocycles. The van der Waals surface area contributed by atoms with Crippen LogP contribution in [-0.4, -0.2) is 0 Å². The maximum atomic E-state index is 6.69. The first-order chi connectivity index (χ1) is 7.72. The lowest BCUT2D eigenvalue weighted by atomic mass is 9.62. The molecule has 16 heavy (non-hydrogen) atoms. The van der Waals surface area contributed by atoms with E-state index in [2.05, 4.69) is 43.3 Å². The van der Waals surface area contributed by atoms with Crippen molar-refractivity contribution >= 4 is 0 Å². The zero-order valence-electron chi connectivity index (χ0n) is 9.82. The van der Waals surface area contributed by atoms with Gasteiger partial charge >= 0.3 is 0 Å². The maximum absolute atomic E-state index is 6.69. The third-order valence-corrected chi connectivity index (χ3v) is 4.40. The molecule has 0 fully saturated rings. The Kier molecular flexibility index (Phi) is 2.18. The summed E-state index contributed by atoms with van der Waals surface area (Å²) in [5.41, 5.74) is 9.45. The summed E-state index contributed by atoms with van der Waals surface area (Å²) in [6, 6.07) is 8.75. The Balaban J connectivity index is 2.16. The molecule has 0 aromatic heterocycles. The van der Waals surface area contributed by atoms with Gasteiger partial charge in [0, 0.05) is 5.54 Å². The second-order valence-electron chi connectivity index (χ2n) is 5.37. The Hall–Kier alpha value is -1.08. The SMILES string of the molecule is CC1C[C@H]2CC=CC[C@@]2(N)c2ccccc21. The molecule has 0 radical (unpaired) electrons. The molecular formula is C15H19N. The summed E-state index contributed by atoms with van der Waals surface area (Å²) in [6.07, 6.45) is 7.94. The van der Waals surface area contributed by atoms with Crippen LogP contribution >= 0.6 is 0 Å². The van der Waals surface area contributed by atoms with E-state index in [9.17, 15) is 0 Å². The Labute approximate surface area is 97.4 Å². The predicted molar refractivity (Wildman–Crippen MR) is 67.2 cm³/mol. The molecule has 2 aliphatic rings. The van der Waals surface area contributed by atoms with Crippen LogP contribution in [0.5, 0.6) is 0 Å². The number of fused-ring (bicyclic) bond motifs is 3. The van der Waals surface area contributed by atoms with Gasteiger partial charge in [0.25, 0.3) is 0 Å². The molecule has 0 spiro atoms. The number of hydrogen-bond donors (Lipinski definition) is 1. The third kappa shape index (κ3) is 1.28. The Morgan fingerprint density at radius 3 is 2.94 bits per heavy atom. The van der Waals surface area contributed by atoms with Crippen LogP contribution in [0.4, 0.5) is 0 Å². The molecule has 3 atom stereocenters. The largest absolute Gasteiger partial charge is 0.321 e. The molecule has 1 heteroatoms. The van der Waals surface area contributed by atoms with E-state index in [0.717, 1.165) is 12.8 Å². The van der Waals surface area contributed by atoms with E-state index in [1.807, 2.05) is 0 Å². The van der Waals surface area contributed by atoms with Crippen molar-refractivity contribution in [1.29, 1.82) is 0 Å². The Morgan fingerprint density at radius 1 is 1.25 bits per heavy atom. The number of allylic oxidation sites excluding steroid dienone is 1. The van der Waals surface area contributed by atoms with Crippen molar-refractivity contribution in [3.63, 3.8) is 0 Å². The van der Waals surface area contributed by atoms with Gasteiger partial charge in [-0.15, -0.1) is 0 Å². The molecule has 0 bridgehead atoms. The van der Waals surface area contributed by atoms with Crippen molar-refractivity contribution in [1.82, 2.24) is 0 Å². The molecule has 2 N–H and O–H groups in total. The van der Waals surface area contributed by atoms with Crippen molar-refractivity contribution in [2.45, 2.75) is 37.6 Å². The van der Waals surface area contributed by atoms with Crippen molar-refractivity contribution < 1.29 is 0 Å². The summed E-state index contributed by atoms with van der Waals surface area (Å²) >= 11 is 0. The van der Waals surface area contributed by atoms with Crippen molar-refractivity contribution in [3.8, 4) is 0 Å². The van der Waals surface area contributed by atoms with Crippen LogP contribution in [0.1, 0.15) is 43.2 Å². The van der Waals surface area contributed by atoms with E-state index in [-0.39, 0.29) is 5.54 Å². The summed E-state index contributed by atoms with van der Waals surface area (Å²) in [5, 5.41) is 0. The zero-order chi connectivity index (χ0) is 11.2. The third-order valence-electron chi connectivity index (χ3n) is 4.40. The summed E-state index contributed by atoms with van der Waals surface area (Å²) < 4.78 is 0. The topological polar surface area (TPSA) is 26.0 Å². The first-order valence-electron chi connectivity index (χ1n) is 6.25. The Bertz CT molecular complexity index is 435. The molecule has 1 aromatic carbocycles. The molecule has 1 unspecified atom stereocenters. The van der Waals surface area contributed by atoms with Crippen LogP contribution in [0, 0.1) is 5.92 Å². The van der Waals surface area contributed by atoms with Crippen molar-refractivity contribution in [3.05, 3.63) is 47.5 Å². The minimum Gasteiger partial charge on any atom is -0.321 e. The van der Waals surface area contributed by atoms with Gasteiger partial charge < -0.3 is 5.73 Å². The molecule has 0 heterocycles. The fourth-order valence-corrected chi connectivity index (χ4v) is 3.46. The normalized spacial score (nSPS) is 36.6. The fraction of sp³-hybridized carbons (Fsp3) is 0.467. The van der Waals surface area contributed by atoms with Gasteiger partial charge in [0.1, 0.15) is 0 Å². The summed E-state index contributed by atoms with van der Waals surface area (Å²) in [4.78, 5) is 0. The highest BCUT2D eigenvalue weighted by Crippen LogP contribution is 2.48. The monoisotopic (exact) mass is 213 g/mol. The van der Waals surface area contributed by atoms with Crippen LogP contribution in [0.15, 0.2) is 36.4 Å². The van der Waals surface area contributed by atoms with E-state index >= 15 is 0 Å². The molecule has 3 rings (SSSR count). The van der Waals surface area contributed by atoms with E-state index in [1.54, 1.807) is 0 Å². The first kappa shape index (κ1) is 10.1. The first-order valence-corrected chi connectivity index (χ1v) is 6.25. The van der Waals surface area contributed by atoms with Crippen molar-refractivity contribution in [2.24, 2.45) is 11.7 Å². The minimum absolute atomic E-state index is 0.0994. The number of nitrogens with two attached hydrogens (primary N) is 1. The second kappa shape index (κ2) is 3.46. The number of benzene rings is 1. The standard InChI is InChI=1S/C15H19N/c1-11-10-12-6-4-5-9-15(12,16)14-8-3-2-7-13(11)14/h2-5,7-8,11-12H,6,9-10,16H2,1H3/t11?,12-,15+/m1/s1. The fourth-order valence-electron chi connectivity index (χ4n) is 3.46. The zero-order valence-corrected chi connectivity index (χ0v) is 9.82. The van der Waals surface area contributed by atoms with Crippen LogP contribution in [0.2, 0.25) is 0 Å². The number of rotatable bonds is 0. The molecule has 84 valence electrons. The highest BCUT2D eigenvalue weighted by molar-refractivity contribution is 5.40. The summed E-state index contributed by atoms with van der Waals surface area (Å²) in [7, 11) is 0. The lowest BCUT2D eigenvalue weighted by Gasteiger charge is -2.46. The average molecular weight is 213 g/mol. The van der Waals surface area contributed by atoms with Gasteiger partial charge in [-0.05, 0) is 42.2 Å². The molecule has 0 saturated carbocycles. The molecule has 0 saturated heterocycles. The van der Waals surface area contributed by atoms with E-state index in [0.29, 0.717) is 11.8 Å². The number of hydrogen-bond acceptors (Lipinski definition) is 1. The van der Waals surface area contributed by atoms with Crippen LogP contribution in [-0.2, 0) is 5.54 Å². The van der Waals surface area contributed by atoms with Gasteiger partial charge in [-0.25, -0.2) is 0 Å². The van der Waals surface area contributed by atoms with E-state index in [1.165, 1.54) is 17.5 Å². The predicted octanol–water partition coefficient (Wildman–Crippen LogP) is 3.31. The van der Waals surface area contributed by atoms with Gasteiger partial charge in [0.05, 0.1) is 0 Å². The quantitative estimate of drug-likeness (QED) is 0.657. The van der Waals surface area contributed by atoms with Gasteiger partial charge in [0.15, 0.2) is 0 Å². The smallest absolute Gasteiger partial charge is 0.0479 e. The van der Waals surface area contributed by atoms with Crippen LogP contribution < -0.4 is 5.73 Å². The van der Waals surface area contributed by atoms with Crippen LogP contribution in [0.3, 0.4) is 0 Å². The highest BCUT2D eigenvalue weighted by Gasteiger charge is 2.42. The molecule has 1 aromatic rings. The van der Waals surface area contributed by atoms with E-state index in [4.69, 9.17) is 5.73 Å². The second-order valence-corrected chi connectivity index (χ2v) is 5.37. The maximum Gasteiger partial charge on any atom is 0.0479 e. The summed E-state index contributed by atoms with van der Waals surface area (Å²) in [6.45, 7) is 2.33. The minimum atomic E-state index is -0.0994. The molecule has 0 aliphatic heterocycles. The van der Waals surface area contributed by atoms with Gasteiger partial charge in [0.2, 0.25) is 0 Å². The average Bonchev–Trinajstić information content (AvgIpc) is 2.31. The summed E-state index contributed by atoms with van der Waals surface area (Å²) in [5.74, 6) is 1.28. The molecular weight excluding hydrogens is 194 g/mol. The Morgan fingerprint density at radius 2 is 2.06 bits per heavy atom. The van der Waals surface area contributed by atoms with Crippen molar-refractivity contribution in [2.75, 3.05) is 0 Å². The highest BCUT2D eigenvalue weighted by atomic mass is 14.8. The van der Waals surface area contributed by atoms with Crippen LogP contribution in [0.25, 0.3) is 0 Å². The lowest BCUT2D eigenvalue weighted by Crippen LogP contribution is -2.48. The van der Waals surface area contributed by atoms with Gasteiger partial charge in [-0.3, -0.25) is 0 Å². The van der Waals surface area contributed by atoms with E-state index < -0.39 is 0 Å². The van der Waals surface area contributed by atoms with Gasteiger partial charge in [-0.2, -0.15) is 0 Å².